The molecular formula is C13H16FN3. The molecule has 2 rings (SSSR count). The van der Waals surface area contributed by atoms with Crippen LogP contribution < -0.4 is 5.73 Å². The molecule has 1 atom stereocenters. The van der Waals surface area contributed by atoms with E-state index < -0.39 is 0 Å². The van der Waals surface area contributed by atoms with Crippen molar-refractivity contribution in [3.05, 3.63) is 47.5 Å². The lowest BCUT2D eigenvalue weighted by Gasteiger charge is -2.11. The molecule has 0 spiro atoms. The van der Waals surface area contributed by atoms with Crippen molar-refractivity contribution in [2.24, 2.45) is 5.73 Å². The molecule has 0 saturated carbocycles. The van der Waals surface area contributed by atoms with Gasteiger partial charge in [-0.3, -0.25) is 0 Å². The van der Waals surface area contributed by atoms with E-state index in [0.29, 0.717) is 6.42 Å². The lowest BCUT2D eigenvalue weighted by molar-refractivity contribution is 0.621. The summed E-state index contributed by atoms with van der Waals surface area (Å²) in [5.74, 6) is -0.242. The van der Waals surface area contributed by atoms with Gasteiger partial charge in [-0.25, -0.2) is 9.07 Å². The fourth-order valence-corrected chi connectivity index (χ4v) is 1.84. The maximum atomic E-state index is 13.2. The summed E-state index contributed by atoms with van der Waals surface area (Å²) < 4.78 is 15.0. The number of halogens is 1. The predicted octanol–water partition coefficient (Wildman–Crippen LogP) is 2.21. The van der Waals surface area contributed by atoms with Crippen molar-refractivity contribution in [3.8, 4) is 5.69 Å². The maximum Gasteiger partial charge on any atom is 0.123 e. The monoisotopic (exact) mass is 233 g/mol. The van der Waals surface area contributed by atoms with Gasteiger partial charge in [-0.1, -0.05) is 0 Å². The van der Waals surface area contributed by atoms with Crippen molar-refractivity contribution >= 4 is 0 Å². The smallest absolute Gasteiger partial charge is 0.123 e. The van der Waals surface area contributed by atoms with Gasteiger partial charge in [-0.05, 0) is 50.1 Å². The first kappa shape index (κ1) is 11.8. The van der Waals surface area contributed by atoms with Gasteiger partial charge in [0.25, 0.3) is 0 Å². The molecule has 2 aromatic rings. The van der Waals surface area contributed by atoms with Gasteiger partial charge in [0, 0.05) is 12.2 Å². The Bertz CT molecular complexity index is 517. The SMILES string of the molecule is Cc1ccn(-c2ccc(F)cc2CC(C)N)n1. The van der Waals surface area contributed by atoms with E-state index in [9.17, 15) is 4.39 Å². The van der Waals surface area contributed by atoms with Crippen molar-refractivity contribution in [3.63, 3.8) is 0 Å². The van der Waals surface area contributed by atoms with E-state index in [-0.39, 0.29) is 11.9 Å². The van der Waals surface area contributed by atoms with Crippen LogP contribution >= 0.6 is 0 Å². The van der Waals surface area contributed by atoms with Crippen LogP contribution in [-0.2, 0) is 6.42 Å². The topological polar surface area (TPSA) is 43.8 Å². The Kier molecular flexibility index (Phi) is 3.24. The van der Waals surface area contributed by atoms with E-state index in [4.69, 9.17) is 5.73 Å². The highest BCUT2D eigenvalue weighted by atomic mass is 19.1. The average Bonchev–Trinajstić information content (AvgIpc) is 2.64. The molecular weight excluding hydrogens is 217 g/mol. The molecule has 0 amide bonds. The Morgan fingerprint density at radius 1 is 1.41 bits per heavy atom. The number of rotatable bonds is 3. The molecule has 1 aromatic carbocycles. The molecule has 17 heavy (non-hydrogen) atoms. The molecule has 3 nitrogen and oxygen atoms in total. The van der Waals surface area contributed by atoms with Crippen LogP contribution in [0.1, 0.15) is 18.2 Å². The second-order valence-corrected chi connectivity index (χ2v) is 4.36. The predicted molar refractivity (Wildman–Crippen MR) is 65.6 cm³/mol. The van der Waals surface area contributed by atoms with Gasteiger partial charge >= 0.3 is 0 Å². The van der Waals surface area contributed by atoms with E-state index in [2.05, 4.69) is 5.10 Å². The lowest BCUT2D eigenvalue weighted by Crippen LogP contribution is -2.19. The molecule has 2 N–H and O–H groups in total. The number of aryl methyl sites for hydroxylation is 1. The highest BCUT2D eigenvalue weighted by Gasteiger charge is 2.09. The second-order valence-electron chi connectivity index (χ2n) is 4.36. The Morgan fingerprint density at radius 3 is 2.76 bits per heavy atom. The number of benzene rings is 1. The maximum absolute atomic E-state index is 13.2. The van der Waals surface area contributed by atoms with Crippen LogP contribution in [-0.4, -0.2) is 15.8 Å². The van der Waals surface area contributed by atoms with E-state index in [1.165, 1.54) is 12.1 Å². The van der Waals surface area contributed by atoms with Gasteiger partial charge in [0.15, 0.2) is 0 Å². The molecule has 1 aromatic heterocycles. The molecule has 0 radical (unpaired) electrons. The zero-order chi connectivity index (χ0) is 12.4. The standard InChI is InChI=1S/C13H16FN3/c1-9(15)7-11-8-12(14)3-4-13(11)17-6-5-10(2)16-17/h3-6,8-9H,7,15H2,1-2H3. The van der Waals surface area contributed by atoms with Crippen LogP contribution in [0.2, 0.25) is 0 Å². The van der Waals surface area contributed by atoms with Crippen LogP contribution in [0.3, 0.4) is 0 Å². The number of hydrogen-bond acceptors (Lipinski definition) is 2. The largest absolute Gasteiger partial charge is 0.328 e. The molecule has 1 unspecified atom stereocenters. The third-order valence-corrected chi connectivity index (χ3v) is 2.55. The minimum absolute atomic E-state index is 0.00721. The van der Waals surface area contributed by atoms with Gasteiger partial charge in [-0.15, -0.1) is 0 Å². The molecule has 0 aliphatic rings. The third-order valence-electron chi connectivity index (χ3n) is 2.55. The highest BCUT2D eigenvalue weighted by molar-refractivity contribution is 5.41. The van der Waals surface area contributed by atoms with Crippen LogP contribution in [0.4, 0.5) is 4.39 Å². The summed E-state index contributed by atoms with van der Waals surface area (Å²) in [6.45, 7) is 3.83. The molecule has 90 valence electrons. The van der Waals surface area contributed by atoms with Gasteiger partial charge in [-0.2, -0.15) is 5.10 Å². The minimum atomic E-state index is -0.242. The Morgan fingerprint density at radius 2 is 2.18 bits per heavy atom. The second kappa shape index (κ2) is 4.67. The molecule has 1 heterocycles. The molecule has 0 bridgehead atoms. The van der Waals surface area contributed by atoms with Crippen molar-refractivity contribution in [1.29, 1.82) is 0 Å². The van der Waals surface area contributed by atoms with Crippen LogP contribution in [0.5, 0.6) is 0 Å². The fourth-order valence-electron chi connectivity index (χ4n) is 1.84. The Hall–Kier alpha value is -1.68. The molecule has 4 heteroatoms. The number of hydrogen-bond donors (Lipinski definition) is 1. The summed E-state index contributed by atoms with van der Waals surface area (Å²) in [7, 11) is 0. The third kappa shape index (κ3) is 2.71. The highest BCUT2D eigenvalue weighted by Crippen LogP contribution is 2.17. The first-order valence-electron chi connectivity index (χ1n) is 5.63. The van der Waals surface area contributed by atoms with Crippen LogP contribution in [0, 0.1) is 12.7 Å². The van der Waals surface area contributed by atoms with Gasteiger partial charge in [0.2, 0.25) is 0 Å². The molecule has 0 aliphatic carbocycles. The number of nitrogens with two attached hydrogens (primary N) is 1. The average molecular weight is 233 g/mol. The molecule has 0 fully saturated rings. The van der Waals surface area contributed by atoms with Crippen LogP contribution in [0.15, 0.2) is 30.5 Å². The van der Waals surface area contributed by atoms with Crippen molar-refractivity contribution in [2.75, 3.05) is 0 Å². The fraction of sp³-hybridized carbons (Fsp3) is 0.308. The summed E-state index contributed by atoms with van der Waals surface area (Å²) in [5, 5.41) is 4.33. The Balaban J connectivity index is 2.45. The normalized spacial score (nSPS) is 12.7. The zero-order valence-electron chi connectivity index (χ0n) is 10.0. The number of aromatic nitrogens is 2. The van der Waals surface area contributed by atoms with E-state index in [0.717, 1.165) is 16.9 Å². The molecule has 0 aliphatic heterocycles. The molecule has 0 saturated heterocycles. The van der Waals surface area contributed by atoms with Gasteiger partial charge in [0.05, 0.1) is 11.4 Å². The van der Waals surface area contributed by atoms with Gasteiger partial charge < -0.3 is 5.73 Å². The minimum Gasteiger partial charge on any atom is -0.328 e. The van der Waals surface area contributed by atoms with E-state index in [1.807, 2.05) is 26.1 Å². The number of nitrogens with zero attached hydrogens (tertiary/aromatic N) is 2. The first-order chi connectivity index (χ1) is 8.06. The quantitative estimate of drug-likeness (QED) is 0.883. The van der Waals surface area contributed by atoms with Gasteiger partial charge in [0.1, 0.15) is 5.82 Å². The first-order valence-corrected chi connectivity index (χ1v) is 5.63. The van der Waals surface area contributed by atoms with E-state index >= 15 is 0 Å². The zero-order valence-corrected chi connectivity index (χ0v) is 10.0. The summed E-state index contributed by atoms with van der Waals surface area (Å²) in [6.07, 6.45) is 2.50. The van der Waals surface area contributed by atoms with E-state index in [1.54, 1.807) is 10.7 Å². The summed E-state index contributed by atoms with van der Waals surface area (Å²) in [4.78, 5) is 0. The van der Waals surface area contributed by atoms with Crippen LogP contribution in [0.25, 0.3) is 5.69 Å². The lowest BCUT2D eigenvalue weighted by atomic mass is 10.1. The summed E-state index contributed by atoms with van der Waals surface area (Å²) in [5.41, 5.74) is 8.47. The van der Waals surface area contributed by atoms with Crippen molar-refractivity contribution in [2.45, 2.75) is 26.3 Å². The van der Waals surface area contributed by atoms with Crippen molar-refractivity contribution in [1.82, 2.24) is 9.78 Å². The summed E-state index contributed by atoms with van der Waals surface area (Å²) >= 11 is 0. The summed E-state index contributed by atoms with van der Waals surface area (Å²) in [6, 6.07) is 6.61. The van der Waals surface area contributed by atoms with Crippen molar-refractivity contribution < 1.29 is 4.39 Å². The Labute approximate surface area is 100 Å².